The maximum Gasteiger partial charge on any atom is 0.204 e. The zero-order chi connectivity index (χ0) is 17.9. The van der Waals surface area contributed by atoms with Crippen molar-refractivity contribution in [3.8, 4) is 5.69 Å². The van der Waals surface area contributed by atoms with Crippen molar-refractivity contribution in [2.75, 3.05) is 0 Å². The molecule has 1 heterocycles. The van der Waals surface area contributed by atoms with E-state index in [0.29, 0.717) is 5.52 Å². The average molecular weight is 403 g/mol. The molecule has 0 aliphatic heterocycles. The Balaban J connectivity index is 1.94. The number of nitrogens with zero attached hydrogens (tertiary/aromatic N) is 2. The van der Waals surface area contributed by atoms with Gasteiger partial charge in [-0.25, -0.2) is 4.68 Å². The highest BCUT2D eigenvalue weighted by molar-refractivity contribution is 9.10. The van der Waals surface area contributed by atoms with E-state index >= 15 is 0 Å². The molecule has 0 saturated heterocycles. The van der Waals surface area contributed by atoms with Crippen LogP contribution in [0.5, 0.6) is 0 Å². The normalized spacial score (nSPS) is 11.3. The van der Waals surface area contributed by atoms with Gasteiger partial charge < -0.3 is 0 Å². The maximum atomic E-state index is 12.6. The highest BCUT2D eigenvalue weighted by atomic mass is 79.9. The fourth-order valence-corrected chi connectivity index (χ4v) is 3.30. The van der Waals surface area contributed by atoms with Crippen molar-refractivity contribution in [3.05, 3.63) is 105 Å². The molecule has 0 bridgehead atoms. The minimum Gasteiger partial charge on any atom is -0.288 e. The van der Waals surface area contributed by atoms with Gasteiger partial charge in [0.05, 0.1) is 11.4 Å². The first-order chi connectivity index (χ1) is 12.7. The van der Waals surface area contributed by atoms with Crippen LogP contribution in [0.1, 0.15) is 11.3 Å². The Morgan fingerprint density at radius 3 is 2.31 bits per heavy atom. The van der Waals surface area contributed by atoms with Crippen LogP contribution in [0.3, 0.4) is 0 Å². The van der Waals surface area contributed by atoms with Crippen LogP contribution in [0, 0.1) is 0 Å². The lowest BCUT2D eigenvalue weighted by Gasteiger charge is -2.00. The number of rotatable bonds is 3. The highest BCUT2D eigenvalue weighted by Gasteiger charge is 2.12. The molecular weight excluding hydrogens is 388 g/mol. The Kier molecular flexibility index (Phi) is 4.50. The topological polar surface area (TPSA) is 34.9 Å². The van der Waals surface area contributed by atoms with E-state index in [4.69, 9.17) is 5.10 Å². The zero-order valence-corrected chi connectivity index (χ0v) is 15.4. The molecule has 0 aliphatic carbocycles. The van der Waals surface area contributed by atoms with Crippen LogP contribution >= 0.6 is 15.9 Å². The largest absolute Gasteiger partial charge is 0.288 e. The lowest BCUT2D eigenvalue weighted by Crippen LogP contribution is -2.04. The molecule has 1 aromatic heterocycles. The summed E-state index contributed by atoms with van der Waals surface area (Å²) in [7, 11) is 0. The van der Waals surface area contributed by atoms with Gasteiger partial charge in [0, 0.05) is 9.86 Å². The summed E-state index contributed by atoms with van der Waals surface area (Å²) in [5.41, 5.74) is 3.20. The second-order valence-electron chi connectivity index (χ2n) is 5.83. The van der Waals surface area contributed by atoms with Gasteiger partial charge in [-0.3, -0.25) is 4.79 Å². The SMILES string of the molecule is O=c1ccccc2c(/C=C/c3ccccc3Br)nn(-c3ccccc3)c12. The lowest BCUT2D eigenvalue weighted by molar-refractivity contribution is 0.902. The minimum absolute atomic E-state index is 0.0538. The van der Waals surface area contributed by atoms with Gasteiger partial charge in [0.25, 0.3) is 0 Å². The molecule has 0 aliphatic rings. The average Bonchev–Trinajstić information content (AvgIpc) is 2.92. The van der Waals surface area contributed by atoms with Crippen molar-refractivity contribution in [1.82, 2.24) is 9.78 Å². The third kappa shape index (κ3) is 3.11. The highest BCUT2D eigenvalue weighted by Crippen LogP contribution is 2.23. The Morgan fingerprint density at radius 2 is 1.50 bits per heavy atom. The fourth-order valence-electron chi connectivity index (χ4n) is 2.88. The van der Waals surface area contributed by atoms with E-state index in [1.165, 1.54) is 0 Å². The molecule has 0 radical (unpaired) electrons. The molecule has 0 fully saturated rings. The Hall–Kier alpha value is -2.98. The van der Waals surface area contributed by atoms with E-state index in [2.05, 4.69) is 15.9 Å². The minimum atomic E-state index is -0.0538. The predicted octanol–water partition coefficient (Wildman–Crippen LogP) is 5.32. The maximum absolute atomic E-state index is 12.6. The lowest BCUT2D eigenvalue weighted by atomic mass is 10.2. The Labute approximate surface area is 159 Å². The van der Waals surface area contributed by atoms with Crippen LogP contribution in [0.4, 0.5) is 0 Å². The quantitative estimate of drug-likeness (QED) is 0.464. The van der Waals surface area contributed by atoms with E-state index in [-0.39, 0.29) is 5.43 Å². The summed E-state index contributed by atoms with van der Waals surface area (Å²) < 4.78 is 2.73. The number of hydrogen-bond acceptors (Lipinski definition) is 2. The molecule has 4 aromatic rings. The summed E-state index contributed by atoms with van der Waals surface area (Å²) in [5.74, 6) is 0. The third-order valence-electron chi connectivity index (χ3n) is 4.13. The molecular formula is C22H15BrN2O. The number of benzene rings is 2. The summed E-state index contributed by atoms with van der Waals surface area (Å²) in [6.45, 7) is 0. The van der Waals surface area contributed by atoms with Crippen molar-refractivity contribution >= 4 is 39.0 Å². The molecule has 0 N–H and O–H groups in total. The molecule has 26 heavy (non-hydrogen) atoms. The van der Waals surface area contributed by atoms with E-state index < -0.39 is 0 Å². The van der Waals surface area contributed by atoms with Crippen LogP contribution < -0.4 is 5.43 Å². The first-order valence-electron chi connectivity index (χ1n) is 8.24. The van der Waals surface area contributed by atoms with Gasteiger partial charge in [-0.1, -0.05) is 76.6 Å². The molecule has 0 saturated carbocycles. The second-order valence-corrected chi connectivity index (χ2v) is 6.69. The smallest absolute Gasteiger partial charge is 0.204 e. The molecule has 0 amide bonds. The summed E-state index contributed by atoms with van der Waals surface area (Å²) in [5, 5.41) is 5.53. The Bertz CT molecular complexity index is 1160. The molecule has 3 aromatic carbocycles. The summed E-state index contributed by atoms with van der Waals surface area (Å²) in [4.78, 5) is 12.6. The number of fused-ring (bicyclic) bond motifs is 1. The summed E-state index contributed by atoms with van der Waals surface area (Å²) in [6.07, 6.45) is 3.94. The molecule has 0 unspecified atom stereocenters. The number of para-hydroxylation sites is 1. The zero-order valence-electron chi connectivity index (χ0n) is 13.8. The first kappa shape index (κ1) is 16.5. The molecule has 126 valence electrons. The van der Waals surface area contributed by atoms with Gasteiger partial charge in [0.1, 0.15) is 5.52 Å². The van der Waals surface area contributed by atoms with Gasteiger partial charge in [-0.15, -0.1) is 0 Å². The molecule has 4 heteroatoms. The van der Waals surface area contributed by atoms with Gasteiger partial charge in [0.2, 0.25) is 5.43 Å². The summed E-state index contributed by atoms with van der Waals surface area (Å²) >= 11 is 3.55. The molecule has 4 rings (SSSR count). The predicted molar refractivity (Wildman–Crippen MR) is 110 cm³/mol. The first-order valence-corrected chi connectivity index (χ1v) is 9.03. The standard InChI is InChI=1S/C22H15BrN2O/c23-19-12-6-4-8-16(19)14-15-20-18-11-5-7-13-21(26)22(18)25(24-20)17-9-2-1-3-10-17/h1-15H/b15-14+. The van der Waals surface area contributed by atoms with Crippen molar-refractivity contribution in [2.45, 2.75) is 0 Å². The van der Waals surface area contributed by atoms with Gasteiger partial charge in [0.15, 0.2) is 0 Å². The second kappa shape index (κ2) is 7.10. The van der Waals surface area contributed by atoms with Crippen molar-refractivity contribution in [1.29, 1.82) is 0 Å². The van der Waals surface area contributed by atoms with Crippen LogP contribution in [0.15, 0.2) is 88.1 Å². The van der Waals surface area contributed by atoms with E-state index in [0.717, 1.165) is 26.8 Å². The molecule has 0 atom stereocenters. The Morgan fingerprint density at radius 1 is 0.808 bits per heavy atom. The number of aromatic nitrogens is 2. The van der Waals surface area contributed by atoms with Gasteiger partial charge >= 0.3 is 0 Å². The van der Waals surface area contributed by atoms with Crippen molar-refractivity contribution < 1.29 is 0 Å². The number of hydrogen-bond donors (Lipinski definition) is 0. The molecule has 3 nitrogen and oxygen atoms in total. The van der Waals surface area contributed by atoms with E-state index in [1.54, 1.807) is 16.8 Å². The van der Waals surface area contributed by atoms with E-state index in [1.807, 2.05) is 78.9 Å². The van der Waals surface area contributed by atoms with Crippen molar-refractivity contribution in [3.63, 3.8) is 0 Å². The molecule has 0 spiro atoms. The van der Waals surface area contributed by atoms with Gasteiger partial charge in [-0.05, 0) is 35.9 Å². The van der Waals surface area contributed by atoms with Gasteiger partial charge in [-0.2, -0.15) is 5.10 Å². The van der Waals surface area contributed by atoms with E-state index in [9.17, 15) is 4.79 Å². The summed E-state index contributed by atoms with van der Waals surface area (Å²) in [6, 6.07) is 24.8. The van der Waals surface area contributed by atoms with Crippen LogP contribution in [-0.4, -0.2) is 9.78 Å². The van der Waals surface area contributed by atoms with Crippen LogP contribution in [-0.2, 0) is 0 Å². The third-order valence-corrected chi connectivity index (χ3v) is 4.85. The monoisotopic (exact) mass is 402 g/mol. The number of halogens is 1. The fraction of sp³-hybridized carbons (Fsp3) is 0. The van der Waals surface area contributed by atoms with Crippen LogP contribution in [0.25, 0.3) is 28.7 Å². The van der Waals surface area contributed by atoms with Crippen molar-refractivity contribution in [2.24, 2.45) is 0 Å². The van der Waals surface area contributed by atoms with Crippen LogP contribution in [0.2, 0.25) is 0 Å².